The first-order chi connectivity index (χ1) is 15.0. The van der Waals surface area contributed by atoms with Gasteiger partial charge in [0.15, 0.2) is 0 Å². The van der Waals surface area contributed by atoms with E-state index in [9.17, 15) is 15.4 Å². The molecule has 8 heteroatoms. The van der Waals surface area contributed by atoms with E-state index >= 15 is 0 Å². The predicted molar refractivity (Wildman–Crippen MR) is 116 cm³/mol. The molecule has 8 nitrogen and oxygen atoms in total. The minimum atomic E-state index is -0.525. The van der Waals surface area contributed by atoms with E-state index in [4.69, 9.17) is 16.2 Å². The zero-order valence-electron chi connectivity index (χ0n) is 16.1. The van der Waals surface area contributed by atoms with Crippen LogP contribution in [-0.2, 0) is 0 Å². The van der Waals surface area contributed by atoms with Crippen LogP contribution in [0, 0.1) is 21.4 Å². The fourth-order valence-electron chi connectivity index (χ4n) is 4.11. The van der Waals surface area contributed by atoms with E-state index < -0.39 is 10.8 Å². The van der Waals surface area contributed by atoms with Crippen molar-refractivity contribution in [1.82, 2.24) is 4.98 Å². The van der Waals surface area contributed by atoms with Crippen LogP contribution < -0.4 is 16.2 Å². The van der Waals surface area contributed by atoms with E-state index in [1.807, 2.05) is 42.5 Å². The van der Waals surface area contributed by atoms with Crippen LogP contribution in [-0.4, -0.2) is 9.91 Å². The molecular formula is C23H15N5O3. The van der Waals surface area contributed by atoms with Crippen LogP contribution in [0.2, 0.25) is 0 Å². The first-order valence-corrected chi connectivity index (χ1v) is 9.42. The SMILES string of the molecule is N#Cc1c(N)nc2c(c1N)[C@H](c1cccc([N+](=O)[O-])c1)c1ccc3ccccc3c1O2. The number of ether oxygens (including phenoxy) is 1. The predicted octanol–water partition coefficient (Wildman–Crippen LogP) is 4.46. The number of aromatic nitrogens is 1. The highest BCUT2D eigenvalue weighted by molar-refractivity contribution is 5.92. The molecule has 1 atom stereocenters. The number of fused-ring (bicyclic) bond motifs is 4. The molecule has 150 valence electrons. The van der Waals surface area contributed by atoms with Gasteiger partial charge in [0.25, 0.3) is 5.69 Å². The lowest BCUT2D eigenvalue weighted by atomic mass is 9.81. The van der Waals surface area contributed by atoms with Crippen LogP contribution in [0.5, 0.6) is 11.6 Å². The number of nitrogens with two attached hydrogens (primary N) is 2. The van der Waals surface area contributed by atoms with Crippen LogP contribution in [0.25, 0.3) is 10.8 Å². The van der Waals surface area contributed by atoms with Gasteiger partial charge in [-0.2, -0.15) is 10.2 Å². The second-order valence-electron chi connectivity index (χ2n) is 7.21. The number of nitro groups is 1. The molecule has 2 heterocycles. The summed E-state index contributed by atoms with van der Waals surface area (Å²) in [5.41, 5.74) is 14.3. The van der Waals surface area contributed by atoms with Crippen molar-refractivity contribution in [3.63, 3.8) is 0 Å². The fraction of sp³-hybridized carbons (Fsp3) is 0.0435. The summed E-state index contributed by atoms with van der Waals surface area (Å²) in [7, 11) is 0. The molecule has 5 rings (SSSR count). The molecule has 0 aliphatic carbocycles. The van der Waals surface area contributed by atoms with Gasteiger partial charge in [-0.05, 0) is 10.9 Å². The number of nitro benzene ring substituents is 1. The minimum absolute atomic E-state index is 0.0276. The molecule has 0 radical (unpaired) electrons. The number of nitrogens with zero attached hydrogens (tertiary/aromatic N) is 3. The Morgan fingerprint density at radius 1 is 1.10 bits per heavy atom. The molecule has 0 fully saturated rings. The zero-order chi connectivity index (χ0) is 21.7. The number of nitriles is 1. The van der Waals surface area contributed by atoms with Crippen molar-refractivity contribution >= 4 is 28.0 Å². The normalized spacial score (nSPS) is 14.2. The standard InChI is InChI=1S/C23H15N5O3/c24-11-17-20(25)19-18(13-5-3-6-14(10-13)28(29)30)16-9-8-12-4-1-2-7-15(12)21(16)31-23(19)27-22(17)26/h1-10,18H,(H4,25,26,27)/t18-/m1/s1. The van der Waals surface area contributed by atoms with E-state index in [0.29, 0.717) is 16.9 Å². The van der Waals surface area contributed by atoms with Crippen molar-refractivity contribution in [3.8, 4) is 17.7 Å². The smallest absolute Gasteiger partial charge is 0.269 e. The number of nitrogen functional groups attached to an aromatic ring is 2. The van der Waals surface area contributed by atoms with E-state index in [1.165, 1.54) is 12.1 Å². The summed E-state index contributed by atoms with van der Waals surface area (Å²) in [6.45, 7) is 0. The Labute approximate surface area is 176 Å². The molecule has 0 unspecified atom stereocenters. The summed E-state index contributed by atoms with van der Waals surface area (Å²) in [4.78, 5) is 15.3. The summed E-state index contributed by atoms with van der Waals surface area (Å²) in [6.07, 6.45) is 0. The lowest BCUT2D eigenvalue weighted by Gasteiger charge is -2.30. The molecule has 4 aromatic rings. The van der Waals surface area contributed by atoms with E-state index in [2.05, 4.69) is 4.98 Å². The quantitative estimate of drug-likeness (QED) is 0.324. The molecule has 1 aromatic heterocycles. The van der Waals surface area contributed by atoms with E-state index in [-0.39, 0.29) is 28.6 Å². The topological polar surface area (TPSA) is 141 Å². The van der Waals surface area contributed by atoms with Crippen LogP contribution >= 0.6 is 0 Å². The van der Waals surface area contributed by atoms with Crippen molar-refractivity contribution in [3.05, 3.63) is 93.0 Å². The molecular weight excluding hydrogens is 394 g/mol. The van der Waals surface area contributed by atoms with Crippen LogP contribution in [0.3, 0.4) is 0 Å². The van der Waals surface area contributed by atoms with Crippen molar-refractivity contribution in [1.29, 1.82) is 5.26 Å². The molecule has 4 N–H and O–H groups in total. The van der Waals surface area contributed by atoms with Crippen molar-refractivity contribution in [2.24, 2.45) is 0 Å². The summed E-state index contributed by atoms with van der Waals surface area (Å²) in [5.74, 6) is 0.219. The highest BCUT2D eigenvalue weighted by atomic mass is 16.6. The second-order valence-corrected chi connectivity index (χ2v) is 7.21. The summed E-state index contributed by atoms with van der Waals surface area (Å²) >= 11 is 0. The average Bonchev–Trinajstić information content (AvgIpc) is 2.78. The third-order valence-electron chi connectivity index (χ3n) is 5.50. The molecule has 3 aromatic carbocycles. The molecule has 1 aliphatic heterocycles. The van der Waals surface area contributed by atoms with Gasteiger partial charge in [-0.3, -0.25) is 10.1 Å². The van der Waals surface area contributed by atoms with Crippen LogP contribution in [0.1, 0.15) is 28.2 Å². The first kappa shape index (κ1) is 18.4. The van der Waals surface area contributed by atoms with Crippen LogP contribution in [0.15, 0.2) is 60.7 Å². The van der Waals surface area contributed by atoms with Gasteiger partial charge in [-0.25, -0.2) is 0 Å². The highest BCUT2D eigenvalue weighted by Crippen LogP contribution is 2.52. The molecule has 0 amide bonds. The summed E-state index contributed by atoms with van der Waals surface area (Å²) < 4.78 is 6.17. The maximum absolute atomic E-state index is 11.4. The largest absolute Gasteiger partial charge is 0.438 e. The third-order valence-corrected chi connectivity index (χ3v) is 5.50. The third kappa shape index (κ3) is 2.72. The Morgan fingerprint density at radius 2 is 1.90 bits per heavy atom. The Balaban J connectivity index is 1.87. The lowest BCUT2D eigenvalue weighted by Crippen LogP contribution is -2.17. The average molecular weight is 409 g/mol. The van der Waals surface area contributed by atoms with Gasteiger partial charge >= 0.3 is 0 Å². The fourth-order valence-corrected chi connectivity index (χ4v) is 4.11. The summed E-state index contributed by atoms with van der Waals surface area (Å²) in [5, 5.41) is 22.8. The van der Waals surface area contributed by atoms with Gasteiger partial charge in [-0.1, -0.05) is 48.5 Å². The molecule has 31 heavy (non-hydrogen) atoms. The van der Waals surface area contributed by atoms with Gasteiger partial charge in [0.1, 0.15) is 23.2 Å². The van der Waals surface area contributed by atoms with E-state index in [0.717, 1.165) is 16.3 Å². The van der Waals surface area contributed by atoms with Gasteiger partial charge in [0.05, 0.1) is 16.2 Å². The molecule has 1 aliphatic rings. The lowest BCUT2D eigenvalue weighted by molar-refractivity contribution is -0.384. The number of rotatable bonds is 2. The van der Waals surface area contributed by atoms with Gasteiger partial charge < -0.3 is 16.2 Å². The van der Waals surface area contributed by atoms with Gasteiger partial charge in [0, 0.05) is 29.0 Å². The monoisotopic (exact) mass is 409 g/mol. The Morgan fingerprint density at radius 3 is 2.68 bits per heavy atom. The molecule has 0 saturated carbocycles. The highest BCUT2D eigenvalue weighted by Gasteiger charge is 2.35. The second kappa shape index (κ2) is 6.71. The maximum Gasteiger partial charge on any atom is 0.269 e. The first-order valence-electron chi connectivity index (χ1n) is 9.42. The summed E-state index contributed by atoms with van der Waals surface area (Å²) in [6, 6.07) is 19.9. The Hall–Kier alpha value is -4.64. The number of hydrogen-bond donors (Lipinski definition) is 2. The minimum Gasteiger partial charge on any atom is -0.438 e. The number of hydrogen-bond acceptors (Lipinski definition) is 7. The van der Waals surface area contributed by atoms with E-state index in [1.54, 1.807) is 12.1 Å². The van der Waals surface area contributed by atoms with Gasteiger partial charge in [0.2, 0.25) is 5.88 Å². The number of benzene rings is 3. The molecule has 0 saturated heterocycles. The number of non-ortho nitro benzene ring substituents is 1. The zero-order valence-corrected chi connectivity index (χ0v) is 16.1. The molecule has 0 spiro atoms. The Kier molecular flexibility index (Phi) is 3.98. The Bertz CT molecular complexity index is 1440. The van der Waals surface area contributed by atoms with Crippen molar-refractivity contribution in [2.45, 2.75) is 5.92 Å². The number of anilines is 2. The maximum atomic E-state index is 11.4. The van der Waals surface area contributed by atoms with Gasteiger partial charge in [-0.15, -0.1) is 0 Å². The van der Waals surface area contributed by atoms with Crippen molar-refractivity contribution in [2.75, 3.05) is 11.5 Å². The number of pyridine rings is 1. The van der Waals surface area contributed by atoms with Crippen LogP contribution in [0.4, 0.5) is 17.2 Å². The molecule has 0 bridgehead atoms. The van der Waals surface area contributed by atoms with Crippen molar-refractivity contribution < 1.29 is 9.66 Å².